The van der Waals surface area contributed by atoms with Crippen molar-refractivity contribution in [3.05, 3.63) is 128 Å². The Balaban J connectivity index is 1.44. The normalized spacial score (nSPS) is 18.3. The molecule has 1 aliphatic carbocycles. The maximum atomic E-state index is 12.1. The highest BCUT2D eigenvalue weighted by molar-refractivity contribution is 5.69. The number of ether oxygens (including phenoxy) is 2. The number of nitro groups is 1. The van der Waals surface area contributed by atoms with Gasteiger partial charge in [-0.05, 0) is 66.1 Å². The quantitative estimate of drug-likeness (QED) is 0.159. The summed E-state index contributed by atoms with van der Waals surface area (Å²) in [6.07, 6.45) is 9.32. The van der Waals surface area contributed by atoms with E-state index in [0.29, 0.717) is 19.4 Å². The smallest absolute Gasteiger partial charge is 0.306 e. The minimum atomic E-state index is -0.364. The molecular formula is C34H36N2O5. The summed E-state index contributed by atoms with van der Waals surface area (Å²) in [4.78, 5) is 25.2. The SMILES string of the molecule is CCOC(=O)CCC1=CC=CC(c2ccc(OC)cc2)(c2cccc3c2CCN(Cc2ccc([N+](=O)[O-])cc2)C3)C1. The summed E-state index contributed by atoms with van der Waals surface area (Å²) in [5.41, 5.74) is 7.21. The first kappa shape index (κ1) is 28.3. The molecule has 0 fully saturated rings. The number of methoxy groups -OCH3 is 1. The first-order valence-corrected chi connectivity index (χ1v) is 14.2. The molecule has 0 bridgehead atoms. The number of allylic oxidation sites excluding steroid dienone is 4. The van der Waals surface area contributed by atoms with Gasteiger partial charge in [0.15, 0.2) is 0 Å². The molecule has 7 nitrogen and oxygen atoms in total. The molecule has 1 heterocycles. The number of nitro benzene ring substituents is 1. The van der Waals surface area contributed by atoms with Crippen LogP contribution in [0.2, 0.25) is 0 Å². The third-order valence-corrected chi connectivity index (χ3v) is 8.16. The Morgan fingerprint density at radius 1 is 1.07 bits per heavy atom. The van der Waals surface area contributed by atoms with Crippen LogP contribution in [-0.2, 0) is 34.5 Å². The van der Waals surface area contributed by atoms with E-state index in [0.717, 1.165) is 43.8 Å². The molecular weight excluding hydrogens is 516 g/mol. The Kier molecular flexibility index (Phi) is 8.64. The molecule has 1 atom stereocenters. The van der Waals surface area contributed by atoms with Gasteiger partial charge in [0.25, 0.3) is 5.69 Å². The highest BCUT2D eigenvalue weighted by atomic mass is 16.6. The van der Waals surface area contributed by atoms with Gasteiger partial charge in [-0.3, -0.25) is 19.8 Å². The van der Waals surface area contributed by atoms with Crippen LogP contribution in [0.4, 0.5) is 5.69 Å². The maximum Gasteiger partial charge on any atom is 0.306 e. The van der Waals surface area contributed by atoms with Gasteiger partial charge in [0.2, 0.25) is 0 Å². The molecule has 2 aliphatic rings. The zero-order valence-corrected chi connectivity index (χ0v) is 23.7. The predicted octanol–water partition coefficient (Wildman–Crippen LogP) is 6.68. The van der Waals surface area contributed by atoms with Crippen molar-refractivity contribution in [3.8, 4) is 5.75 Å². The Labute approximate surface area is 241 Å². The van der Waals surface area contributed by atoms with Crippen LogP contribution in [0.1, 0.15) is 54.0 Å². The topological polar surface area (TPSA) is 81.9 Å². The van der Waals surface area contributed by atoms with E-state index in [-0.39, 0.29) is 22.0 Å². The highest BCUT2D eigenvalue weighted by Crippen LogP contribution is 2.46. The fourth-order valence-corrected chi connectivity index (χ4v) is 6.12. The number of fused-ring (bicyclic) bond motifs is 1. The van der Waals surface area contributed by atoms with Gasteiger partial charge in [-0.2, -0.15) is 0 Å². The Hall–Kier alpha value is -4.23. The van der Waals surface area contributed by atoms with E-state index in [1.807, 2.05) is 31.2 Å². The fourth-order valence-electron chi connectivity index (χ4n) is 6.12. The van der Waals surface area contributed by atoms with Crippen molar-refractivity contribution in [2.24, 2.45) is 0 Å². The van der Waals surface area contributed by atoms with Crippen LogP contribution < -0.4 is 4.74 Å². The summed E-state index contributed by atoms with van der Waals surface area (Å²) < 4.78 is 10.6. The summed E-state index contributed by atoms with van der Waals surface area (Å²) in [6, 6.07) is 21.8. The second-order valence-electron chi connectivity index (χ2n) is 10.7. The molecule has 0 spiro atoms. The average molecular weight is 553 g/mol. The van der Waals surface area contributed by atoms with Crippen LogP contribution in [0.25, 0.3) is 0 Å². The van der Waals surface area contributed by atoms with E-state index >= 15 is 0 Å². The third-order valence-electron chi connectivity index (χ3n) is 8.16. The Morgan fingerprint density at radius 3 is 2.56 bits per heavy atom. The molecule has 0 saturated heterocycles. The largest absolute Gasteiger partial charge is 0.497 e. The van der Waals surface area contributed by atoms with E-state index in [9.17, 15) is 14.9 Å². The second kappa shape index (κ2) is 12.5. The molecule has 3 aromatic carbocycles. The lowest BCUT2D eigenvalue weighted by Gasteiger charge is -2.39. The number of carbonyl (C=O) groups is 1. The van der Waals surface area contributed by atoms with Crippen LogP contribution in [0, 0.1) is 10.1 Å². The number of non-ortho nitro benzene ring substituents is 1. The molecule has 212 valence electrons. The first-order valence-electron chi connectivity index (χ1n) is 14.2. The number of benzene rings is 3. The molecule has 5 rings (SSSR count). The van der Waals surface area contributed by atoms with Gasteiger partial charge in [0.1, 0.15) is 5.75 Å². The van der Waals surface area contributed by atoms with Gasteiger partial charge in [0.05, 0.1) is 18.6 Å². The lowest BCUT2D eigenvalue weighted by atomic mass is 9.65. The summed E-state index contributed by atoms with van der Waals surface area (Å²) in [6.45, 7) is 4.68. The Bertz CT molecular complexity index is 1460. The molecule has 0 aromatic heterocycles. The van der Waals surface area contributed by atoms with E-state index in [1.165, 1.54) is 27.8 Å². The van der Waals surface area contributed by atoms with Crippen molar-refractivity contribution in [1.29, 1.82) is 0 Å². The van der Waals surface area contributed by atoms with Crippen LogP contribution in [0.3, 0.4) is 0 Å². The third kappa shape index (κ3) is 6.25. The number of esters is 1. The monoisotopic (exact) mass is 552 g/mol. The zero-order chi connectivity index (χ0) is 28.8. The van der Waals surface area contributed by atoms with Gasteiger partial charge in [0, 0.05) is 43.6 Å². The van der Waals surface area contributed by atoms with Crippen molar-refractivity contribution in [1.82, 2.24) is 4.90 Å². The maximum absolute atomic E-state index is 12.1. The van der Waals surface area contributed by atoms with Crippen LogP contribution >= 0.6 is 0 Å². The fraction of sp³-hybridized carbons (Fsp3) is 0.324. The van der Waals surface area contributed by atoms with Crippen LogP contribution in [0.5, 0.6) is 5.75 Å². The van der Waals surface area contributed by atoms with Crippen LogP contribution in [0.15, 0.2) is 90.5 Å². The molecule has 0 N–H and O–H groups in total. The summed E-state index contributed by atoms with van der Waals surface area (Å²) in [5.74, 6) is 0.655. The van der Waals surface area contributed by atoms with Gasteiger partial charge in [-0.15, -0.1) is 0 Å². The first-order chi connectivity index (χ1) is 19.9. The Morgan fingerprint density at radius 2 is 1.85 bits per heavy atom. The summed E-state index contributed by atoms with van der Waals surface area (Å²) in [7, 11) is 1.68. The molecule has 0 radical (unpaired) electrons. The number of hydrogen-bond acceptors (Lipinski definition) is 6. The van der Waals surface area contributed by atoms with Gasteiger partial charge >= 0.3 is 5.97 Å². The van der Waals surface area contributed by atoms with Gasteiger partial charge < -0.3 is 9.47 Å². The van der Waals surface area contributed by atoms with Crippen molar-refractivity contribution in [3.63, 3.8) is 0 Å². The number of hydrogen-bond donors (Lipinski definition) is 0. The van der Waals surface area contributed by atoms with E-state index in [1.54, 1.807) is 19.2 Å². The standard InChI is InChI=1S/C34H36N2O5/c1-3-41-33(37)18-11-25-6-5-20-34(22-25,28-12-16-30(40-2)17-13-28)32-8-4-7-27-24-35(21-19-31(27)32)23-26-9-14-29(15-10-26)36(38)39/h4-10,12-17,20H,3,11,18-19,21-24H2,1-2H3. The minimum absolute atomic E-state index is 0.113. The molecule has 0 saturated carbocycles. The van der Waals surface area contributed by atoms with E-state index in [4.69, 9.17) is 9.47 Å². The molecule has 41 heavy (non-hydrogen) atoms. The summed E-state index contributed by atoms with van der Waals surface area (Å²) in [5, 5.41) is 11.0. The average Bonchev–Trinajstić information content (AvgIpc) is 3.00. The number of nitrogens with zero attached hydrogens (tertiary/aromatic N) is 2. The van der Waals surface area contributed by atoms with Crippen molar-refractivity contribution >= 4 is 11.7 Å². The lowest BCUT2D eigenvalue weighted by molar-refractivity contribution is -0.384. The lowest BCUT2D eigenvalue weighted by Crippen LogP contribution is -2.34. The van der Waals surface area contributed by atoms with Gasteiger partial charge in [-0.1, -0.05) is 66.3 Å². The second-order valence-corrected chi connectivity index (χ2v) is 10.7. The van der Waals surface area contributed by atoms with Crippen molar-refractivity contribution < 1.29 is 19.2 Å². The predicted molar refractivity (Wildman–Crippen MR) is 159 cm³/mol. The van der Waals surface area contributed by atoms with Crippen molar-refractivity contribution in [2.75, 3.05) is 20.3 Å². The van der Waals surface area contributed by atoms with Crippen molar-refractivity contribution in [2.45, 2.75) is 51.1 Å². The zero-order valence-electron chi connectivity index (χ0n) is 23.7. The summed E-state index contributed by atoms with van der Waals surface area (Å²) >= 11 is 0. The minimum Gasteiger partial charge on any atom is -0.497 e. The van der Waals surface area contributed by atoms with Crippen LogP contribution in [-0.4, -0.2) is 36.1 Å². The van der Waals surface area contributed by atoms with E-state index in [2.05, 4.69) is 53.5 Å². The number of carbonyl (C=O) groups excluding carboxylic acids is 1. The number of rotatable bonds is 10. The molecule has 0 amide bonds. The molecule has 7 heteroatoms. The van der Waals surface area contributed by atoms with E-state index < -0.39 is 0 Å². The van der Waals surface area contributed by atoms with Gasteiger partial charge in [-0.25, -0.2) is 0 Å². The molecule has 3 aromatic rings. The molecule has 1 aliphatic heterocycles. The highest BCUT2D eigenvalue weighted by Gasteiger charge is 2.37. The molecule has 1 unspecified atom stereocenters.